The molecule has 4 aliphatic heterocycles. The van der Waals surface area contributed by atoms with E-state index in [0.717, 1.165) is 65.8 Å². The van der Waals surface area contributed by atoms with E-state index in [4.69, 9.17) is 0 Å². The van der Waals surface area contributed by atoms with E-state index >= 15 is 4.39 Å². The van der Waals surface area contributed by atoms with Gasteiger partial charge in [0.05, 0.1) is 11.4 Å². The maximum atomic E-state index is 18.4. The molecule has 0 saturated carbocycles. The van der Waals surface area contributed by atoms with Crippen molar-refractivity contribution in [2.24, 2.45) is 0 Å². The highest BCUT2D eigenvalue weighted by molar-refractivity contribution is 8.00. The lowest BCUT2D eigenvalue weighted by Gasteiger charge is -2.49. The van der Waals surface area contributed by atoms with Gasteiger partial charge in [-0.05, 0) is 74.3 Å². The Balaban J connectivity index is 1.17. The normalized spacial score (nSPS) is 13.8. The molecule has 0 unspecified atom stereocenters. The summed E-state index contributed by atoms with van der Waals surface area (Å²) in [4.78, 5) is 6.51. The summed E-state index contributed by atoms with van der Waals surface area (Å²) in [5.41, 5.74) is 17.5. The fourth-order valence-electron chi connectivity index (χ4n) is 9.62. The zero-order chi connectivity index (χ0) is 35.5. The minimum absolute atomic E-state index is 0.0772. The van der Waals surface area contributed by atoms with Crippen LogP contribution in [0.25, 0.3) is 22.3 Å². The Hall–Kier alpha value is -6.23. The van der Waals surface area contributed by atoms with Crippen LogP contribution in [0.5, 0.6) is 0 Å². The Morgan fingerprint density at radius 1 is 0.389 bits per heavy atom. The molecule has 0 aromatic heterocycles. The second kappa shape index (κ2) is 11.4. The molecule has 0 spiro atoms. The molecule has 250 valence electrons. The number of benzene rings is 8. The topological polar surface area (TPSA) is 6.48 Å². The number of hydrogen-bond donors (Lipinski definition) is 0. The van der Waals surface area contributed by atoms with E-state index in [1.54, 1.807) is 11.8 Å². The summed E-state index contributed by atoms with van der Waals surface area (Å²) in [5.74, 6) is -0.152. The van der Waals surface area contributed by atoms with E-state index < -0.39 is 0 Å². The third-order valence-electron chi connectivity index (χ3n) is 11.8. The van der Waals surface area contributed by atoms with Crippen LogP contribution in [0.15, 0.2) is 186 Å². The predicted octanol–water partition coefficient (Wildman–Crippen LogP) is 8.54. The number of nitrogens with zero attached hydrogens (tertiary/aromatic N) is 2. The van der Waals surface area contributed by atoms with Crippen molar-refractivity contribution in [3.05, 3.63) is 182 Å². The molecular weight excluding hydrogens is 677 g/mol. The summed E-state index contributed by atoms with van der Waals surface area (Å²) in [6.45, 7) is -0.216. The highest BCUT2D eigenvalue weighted by Crippen LogP contribution is 2.51. The van der Waals surface area contributed by atoms with Gasteiger partial charge in [-0.3, -0.25) is 0 Å². The van der Waals surface area contributed by atoms with Gasteiger partial charge in [0.15, 0.2) is 5.82 Å². The second-order valence-corrected chi connectivity index (χ2v) is 15.5. The molecule has 6 heteroatoms. The number of fused-ring (bicyclic) bond motifs is 10. The summed E-state index contributed by atoms with van der Waals surface area (Å²) in [5, 5.41) is 0. The van der Waals surface area contributed by atoms with Gasteiger partial charge in [0.1, 0.15) is 0 Å². The number of halogens is 1. The smallest absolute Gasteiger partial charge is 0.252 e. The van der Waals surface area contributed by atoms with Crippen LogP contribution >= 0.6 is 11.8 Å². The predicted molar refractivity (Wildman–Crippen MR) is 227 cm³/mol. The fourth-order valence-corrected chi connectivity index (χ4v) is 10.8. The first kappa shape index (κ1) is 30.3. The highest BCUT2D eigenvalue weighted by Gasteiger charge is 2.52. The van der Waals surface area contributed by atoms with Crippen LogP contribution in [0.1, 0.15) is 0 Å². The van der Waals surface area contributed by atoms with E-state index in [9.17, 15) is 0 Å². The first-order chi connectivity index (χ1) is 26.8. The van der Waals surface area contributed by atoms with Crippen molar-refractivity contribution < 1.29 is 4.39 Å². The van der Waals surface area contributed by atoms with E-state index in [2.05, 4.69) is 180 Å². The maximum absolute atomic E-state index is 18.4. The van der Waals surface area contributed by atoms with Gasteiger partial charge in [-0.15, -0.1) is 0 Å². The van der Waals surface area contributed by atoms with Gasteiger partial charge >= 0.3 is 0 Å². The summed E-state index contributed by atoms with van der Waals surface area (Å²) >= 11 is 1.58. The standard InChI is InChI=1S/C48H29B2FN2S/c51-45-47-43-46-44-48(45)54-42-25-13-8-20-37(42)50(44)36-19-7-12-24-41(36)53(46)40-23-11-6-18-35(40)49(43)34-17-5-10-22-39(34)52(47)38-21-9-4-16-33(38)32-28-26-31(27-29-32)30-14-2-1-3-15-30/h1-29H. The van der Waals surface area contributed by atoms with Gasteiger partial charge in [-0.25, -0.2) is 4.39 Å². The summed E-state index contributed by atoms with van der Waals surface area (Å²) in [7, 11) is 0. The van der Waals surface area contributed by atoms with Crippen LogP contribution in [0.3, 0.4) is 0 Å². The zero-order valence-corrected chi connectivity index (χ0v) is 29.9. The molecule has 0 atom stereocenters. The van der Waals surface area contributed by atoms with Crippen LogP contribution in [0, 0.1) is 5.82 Å². The van der Waals surface area contributed by atoms with Crippen molar-refractivity contribution in [1.82, 2.24) is 0 Å². The third kappa shape index (κ3) is 4.04. The summed E-state index contributed by atoms with van der Waals surface area (Å²) in [6, 6.07) is 62.5. The Morgan fingerprint density at radius 2 is 0.852 bits per heavy atom. The Labute approximate surface area is 318 Å². The molecule has 2 nitrogen and oxygen atoms in total. The molecule has 4 heterocycles. The second-order valence-electron chi connectivity index (χ2n) is 14.5. The average molecular weight is 706 g/mol. The van der Waals surface area contributed by atoms with Crippen molar-refractivity contribution in [2.75, 3.05) is 9.80 Å². The van der Waals surface area contributed by atoms with E-state index in [0.29, 0.717) is 5.69 Å². The Kier molecular flexibility index (Phi) is 6.38. The molecular formula is C48H29B2FN2S. The molecule has 8 aromatic rings. The summed E-state index contributed by atoms with van der Waals surface area (Å²) in [6.07, 6.45) is 0. The minimum atomic E-state index is -0.152. The molecule has 54 heavy (non-hydrogen) atoms. The molecule has 4 aliphatic rings. The van der Waals surface area contributed by atoms with Gasteiger partial charge < -0.3 is 9.80 Å². The first-order valence-corrected chi connectivity index (χ1v) is 19.4. The molecule has 12 rings (SSSR count). The molecule has 0 aliphatic carbocycles. The van der Waals surface area contributed by atoms with Gasteiger partial charge in [-0.1, -0.05) is 163 Å². The molecule has 0 N–H and O–H groups in total. The average Bonchev–Trinajstić information content (AvgIpc) is 3.25. The van der Waals surface area contributed by atoms with Crippen molar-refractivity contribution in [2.45, 2.75) is 9.79 Å². The van der Waals surface area contributed by atoms with Crippen molar-refractivity contribution in [3.63, 3.8) is 0 Å². The largest absolute Gasteiger partial charge is 0.312 e. The van der Waals surface area contributed by atoms with Crippen LogP contribution in [-0.4, -0.2) is 13.4 Å². The Bertz CT molecular complexity index is 2850. The first-order valence-electron chi connectivity index (χ1n) is 18.5. The lowest BCUT2D eigenvalue weighted by molar-refractivity contribution is 0.606. The van der Waals surface area contributed by atoms with Crippen molar-refractivity contribution in [3.8, 4) is 22.3 Å². The highest BCUT2D eigenvalue weighted by atomic mass is 32.2. The monoisotopic (exact) mass is 706 g/mol. The molecule has 0 radical (unpaired) electrons. The van der Waals surface area contributed by atoms with Gasteiger partial charge in [0, 0.05) is 38.1 Å². The molecule has 0 fully saturated rings. The molecule has 0 saturated heterocycles. The van der Waals surface area contributed by atoms with Gasteiger partial charge in [0.25, 0.3) is 6.71 Å². The number of anilines is 6. The fraction of sp³-hybridized carbons (Fsp3) is 0. The number of rotatable bonds is 3. The lowest BCUT2D eigenvalue weighted by Crippen LogP contribution is -2.68. The SMILES string of the molecule is Fc1c2c3c4c5c1N(c1ccccc1-c1ccc(-c6ccccc6)cc1)c1ccccc1B5c1ccccc1N4c1ccccc1B3c1ccccc1S2. The van der Waals surface area contributed by atoms with E-state index in [-0.39, 0.29) is 19.2 Å². The maximum Gasteiger partial charge on any atom is 0.252 e. The van der Waals surface area contributed by atoms with E-state index in [1.807, 2.05) is 6.07 Å². The Morgan fingerprint density at radius 3 is 1.50 bits per heavy atom. The van der Waals surface area contributed by atoms with Crippen molar-refractivity contribution in [1.29, 1.82) is 0 Å². The van der Waals surface area contributed by atoms with Crippen LogP contribution in [-0.2, 0) is 0 Å². The lowest BCUT2D eigenvalue weighted by atomic mass is 9.29. The molecule has 0 bridgehead atoms. The third-order valence-corrected chi connectivity index (χ3v) is 13.0. The molecule has 0 amide bonds. The van der Waals surface area contributed by atoms with Gasteiger partial charge in [0.2, 0.25) is 6.71 Å². The van der Waals surface area contributed by atoms with Crippen molar-refractivity contribution >= 4 is 92.1 Å². The van der Waals surface area contributed by atoms with Gasteiger partial charge in [-0.2, -0.15) is 0 Å². The van der Waals surface area contributed by atoms with Crippen LogP contribution in [0.4, 0.5) is 38.5 Å². The zero-order valence-electron chi connectivity index (χ0n) is 29.1. The minimum Gasteiger partial charge on any atom is -0.312 e. The number of para-hydroxylation sites is 4. The van der Waals surface area contributed by atoms with Crippen LogP contribution in [0.2, 0.25) is 0 Å². The van der Waals surface area contributed by atoms with E-state index in [1.165, 1.54) is 27.4 Å². The quantitative estimate of drug-likeness (QED) is 0.170. The molecule has 8 aromatic carbocycles. The van der Waals surface area contributed by atoms with Crippen LogP contribution < -0.4 is 42.6 Å². The summed E-state index contributed by atoms with van der Waals surface area (Å²) < 4.78 is 18.4. The number of hydrogen-bond acceptors (Lipinski definition) is 3.